The summed E-state index contributed by atoms with van der Waals surface area (Å²) in [7, 11) is 1.59. The van der Waals surface area contributed by atoms with Crippen molar-refractivity contribution in [1.82, 2.24) is 4.98 Å². The van der Waals surface area contributed by atoms with Crippen molar-refractivity contribution in [3.63, 3.8) is 0 Å². The van der Waals surface area contributed by atoms with E-state index in [1.807, 2.05) is 24.3 Å². The van der Waals surface area contributed by atoms with Gasteiger partial charge in [-0.2, -0.15) is 0 Å². The summed E-state index contributed by atoms with van der Waals surface area (Å²) in [4.78, 5) is 3.85. The Kier molecular flexibility index (Phi) is 2.99. The lowest BCUT2D eigenvalue weighted by molar-refractivity contribution is 0.0511. The van der Waals surface area contributed by atoms with Gasteiger partial charge in [-0.25, -0.2) is 4.98 Å². The van der Waals surface area contributed by atoms with Crippen LogP contribution in [0.5, 0.6) is 5.75 Å². The zero-order chi connectivity index (χ0) is 10.5. The summed E-state index contributed by atoms with van der Waals surface area (Å²) >= 11 is 0. The lowest BCUT2D eigenvalue weighted by atomic mass is 10.2. The van der Waals surface area contributed by atoms with Crippen LogP contribution >= 0.6 is 0 Å². The van der Waals surface area contributed by atoms with Gasteiger partial charge >= 0.3 is 0 Å². The van der Waals surface area contributed by atoms with Crippen LogP contribution in [-0.4, -0.2) is 18.9 Å². The predicted octanol–water partition coefficient (Wildman–Crippen LogP) is 2.32. The second kappa shape index (κ2) is 4.61. The second-order valence-corrected chi connectivity index (χ2v) is 2.94. The molecule has 0 aliphatic heterocycles. The number of ether oxygens (including phenoxy) is 2. The van der Waals surface area contributed by atoms with Crippen molar-refractivity contribution in [2.75, 3.05) is 13.9 Å². The first-order chi connectivity index (χ1) is 7.40. The van der Waals surface area contributed by atoms with Crippen LogP contribution in [0, 0.1) is 0 Å². The fourth-order valence-electron chi connectivity index (χ4n) is 1.20. The largest absolute Gasteiger partial charge is 0.468 e. The summed E-state index contributed by atoms with van der Waals surface area (Å²) in [6, 6.07) is 7.53. The van der Waals surface area contributed by atoms with E-state index >= 15 is 0 Å². The average molecular weight is 205 g/mol. The molecule has 1 aromatic heterocycles. The summed E-state index contributed by atoms with van der Waals surface area (Å²) < 4.78 is 15.2. The Morgan fingerprint density at radius 2 is 2.07 bits per heavy atom. The second-order valence-electron chi connectivity index (χ2n) is 2.94. The molecule has 0 unspecified atom stereocenters. The van der Waals surface area contributed by atoms with E-state index < -0.39 is 0 Å². The molecule has 0 aliphatic carbocycles. The molecule has 1 aromatic carbocycles. The number of aromatic nitrogens is 1. The molecule has 0 aliphatic rings. The first-order valence-corrected chi connectivity index (χ1v) is 4.51. The summed E-state index contributed by atoms with van der Waals surface area (Å²) in [6.07, 6.45) is 3.08. The van der Waals surface area contributed by atoms with Gasteiger partial charge < -0.3 is 13.9 Å². The summed E-state index contributed by atoms with van der Waals surface area (Å²) in [6.45, 7) is 0.252. The van der Waals surface area contributed by atoms with E-state index in [-0.39, 0.29) is 6.79 Å². The molecule has 0 radical (unpaired) electrons. The Balaban J connectivity index is 2.11. The van der Waals surface area contributed by atoms with Gasteiger partial charge in [0.05, 0.1) is 6.20 Å². The molecule has 2 rings (SSSR count). The molecule has 0 bridgehead atoms. The SMILES string of the molecule is COCOc1ccc(-c2cnco2)cc1. The van der Waals surface area contributed by atoms with Crippen molar-refractivity contribution in [3.05, 3.63) is 36.9 Å². The van der Waals surface area contributed by atoms with Crippen LogP contribution in [0.15, 0.2) is 41.3 Å². The molecule has 15 heavy (non-hydrogen) atoms. The van der Waals surface area contributed by atoms with Crippen LogP contribution in [0.4, 0.5) is 0 Å². The van der Waals surface area contributed by atoms with Crippen molar-refractivity contribution >= 4 is 0 Å². The van der Waals surface area contributed by atoms with E-state index in [9.17, 15) is 0 Å². The third kappa shape index (κ3) is 2.35. The molecule has 0 fully saturated rings. The number of methoxy groups -OCH3 is 1. The van der Waals surface area contributed by atoms with E-state index in [4.69, 9.17) is 13.9 Å². The Morgan fingerprint density at radius 3 is 2.67 bits per heavy atom. The van der Waals surface area contributed by atoms with Gasteiger partial charge in [0.2, 0.25) is 0 Å². The van der Waals surface area contributed by atoms with Crippen LogP contribution in [-0.2, 0) is 4.74 Å². The Hall–Kier alpha value is -1.81. The van der Waals surface area contributed by atoms with Crippen molar-refractivity contribution in [3.8, 4) is 17.1 Å². The standard InChI is InChI=1S/C11H11NO3/c1-13-8-15-10-4-2-9(3-5-10)11-6-12-7-14-11/h2-7H,8H2,1H3. The van der Waals surface area contributed by atoms with Gasteiger partial charge in [-0.1, -0.05) is 0 Å². The van der Waals surface area contributed by atoms with Crippen molar-refractivity contribution < 1.29 is 13.9 Å². The third-order valence-electron chi connectivity index (χ3n) is 1.91. The van der Waals surface area contributed by atoms with Crippen LogP contribution in [0.1, 0.15) is 0 Å². The van der Waals surface area contributed by atoms with E-state index in [2.05, 4.69) is 4.98 Å². The van der Waals surface area contributed by atoms with E-state index in [1.54, 1.807) is 13.3 Å². The Labute approximate surface area is 87.5 Å². The highest BCUT2D eigenvalue weighted by Crippen LogP contribution is 2.21. The molecular formula is C11H11NO3. The smallest absolute Gasteiger partial charge is 0.188 e. The lowest BCUT2D eigenvalue weighted by Gasteiger charge is -2.04. The number of benzene rings is 1. The summed E-state index contributed by atoms with van der Waals surface area (Å²) in [5.41, 5.74) is 0.970. The maximum atomic E-state index is 5.26. The third-order valence-corrected chi connectivity index (χ3v) is 1.91. The van der Waals surface area contributed by atoms with E-state index in [0.717, 1.165) is 17.1 Å². The molecule has 0 atom stereocenters. The summed E-state index contributed by atoms with van der Waals surface area (Å²) in [5, 5.41) is 0. The highest BCUT2D eigenvalue weighted by atomic mass is 16.7. The highest BCUT2D eigenvalue weighted by molar-refractivity contribution is 5.57. The van der Waals surface area contributed by atoms with Crippen LogP contribution in [0.2, 0.25) is 0 Å². The fourth-order valence-corrected chi connectivity index (χ4v) is 1.20. The molecular weight excluding hydrogens is 194 g/mol. The first kappa shape index (κ1) is 9.73. The van der Waals surface area contributed by atoms with E-state index in [0.29, 0.717) is 0 Å². The quantitative estimate of drug-likeness (QED) is 0.718. The van der Waals surface area contributed by atoms with Gasteiger partial charge in [0, 0.05) is 12.7 Å². The molecule has 0 spiro atoms. The van der Waals surface area contributed by atoms with Crippen LogP contribution < -0.4 is 4.74 Å². The molecule has 78 valence electrons. The van der Waals surface area contributed by atoms with Crippen LogP contribution in [0.25, 0.3) is 11.3 Å². The number of hydrogen-bond donors (Lipinski definition) is 0. The minimum Gasteiger partial charge on any atom is -0.468 e. The molecule has 2 aromatic rings. The highest BCUT2D eigenvalue weighted by Gasteiger charge is 2.00. The molecule has 0 amide bonds. The number of hydrogen-bond acceptors (Lipinski definition) is 4. The number of nitrogens with zero attached hydrogens (tertiary/aromatic N) is 1. The minimum atomic E-state index is 0.252. The van der Waals surface area contributed by atoms with Gasteiger partial charge in [0.15, 0.2) is 18.9 Å². The topological polar surface area (TPSA) is 44.5 Å². The summed E-state index contributed by atoms with van der Waals surface area (Å²) in [5.74, 6) is 1.51. The average Bonchev–Trinajstić information content (AvgIpc) is 2.80. The Bertz CT molecular complexity index is 394. The molecule has 4 heteroatoms. The Morgan fingerprint density at radius 1 is 1.27 bits per heavy atom. The van der Waals surface area contributed by atoms with Crippen molar-refractivity contribution in [1.29, 1.82) is 0 Å². The van der Waals surface area contributed by atoms with Gasteiger partial charge in [0.1, 0.15) is 5.75 Å². The molecule has 1 heterocycles. The monoisotopic (exact) mass is 205 g/mol. The number of oxazole rings is 1. The van der Waals surface area contributed by atoms with E-state index in [1.165, 1.54) is 6.39 Å². The van der Waals surface area contributed by atoms with Crippen LogP contribution in [0.3, 0.4) is 0 Å². The predicted molar refractivity (Wildman–Crippen MR) is 54.4 cm³/mol. The van der Waals surface area contributed by atoms with Gasteiger partial charge in [-0.05, 0) is 24.3 Å². The molecule has 0 saturated heterocycles. The van der Waals surface area contributed by atoms with Gasteiger partial charge in [0.25, 0.3) is 0 Å². The molecule has 0 saturated carbocycles. The fraction of sp³-hybridized carbons (Fsp3) is 0.182. The van der Waals surface area contributed by atoms with Crippen molar-refractivity contribution in [2.24, 2.45) is 0 Å². The molecule has 4 nitrogen and oxygen atoms in total. The van der Waals surface area contributed by atoms with Gasteiger partial charge in [-0.15, -0.1) is 0 Å². The normalized spacial score (nSPS) is 10.2. The maximum Gasteiger partial charge on any atom is 0.188 e. The molecule has 0 N–H and O–H groups in total. The number of rotatable bonds is 4. The lowest BCUT2D eigenvalue weighted by Crippen LogP contribution is -1.98. The van der Waals surface area contributed by atoms with Gasteiger partial charge in [-0.3, -0.25) is 0 Å². The zero-order valence-corrected chi connectivity index (χ0v) is 8.34. The minimum absolute atomic E-state index is 0.252. The first-order valence-electron chi connectivity index (χ1n) is 4.51. The maximum absolute atomic E-state index is 5.26. The zero-order valence-electron chi connectivity index (χ0n) is 8.34. The van der Waals surface area contributed by atoms with Crippen molar-refractivity contribution in [2.45, 2.75) is 0 Å².